The second-order valence-electron chi connectivity index (χ2n) is 8.11. The van der Waals surface area contributed by atoms with E-state index < -0.39 is 6.10 Å². The minimum absolute atomic E-state index is 0.245. The first-order valence-corrected chi connectivity index (χ1v) is 10.8. The largest absolute Gasteiger partial charge is 0.497 e. The second kappa shape index (κ2) is 10.4. The highest BCUT2D eigenvalue weighted by Crippen LogP contribution is 2.29. The van der Waals surface area contributed by atoms with E-state index in [0.717, 1.165) is 43.6 Å². The summed E-state index contributed by atoms with van der Waals surface area (Å²) in [6, 6.07) is 9.64. The molecule has 3 heterocycles. The lowest BCUT2D eigenvalue weighted by molar-refractivity contribution is 0.0536. The molecule has 1 fully saturated rings. The number of hydrogen-bond donors (Lipinski definition) is 1. The first-order valence-electron chi connectivity index (χ1n) is 10.8. The van der Waals surface area contributed by atoms with Gasteiger partial charge in [-0.1, -0.05) is 6.07 Å². The molecule has 31 heavy (non-hydrogen) atoms. The maximum absolute atomic E-state index is 10.5. The number of ether oxygens (including phenoxy) is 2. The SMILES string of the molecule is COc1cc(OCC(O)CN2CCC(Cn3ccnc3)CC2)cc(-c2cccnc2)c1. The molecule has 0 saturated carbocycles. The van der Waals surface area contributed by atoms with Crippen molar-refractivity contribution >= 4 is 0 Å². The lowest BCUT2D eigenvalue weighted by Gasteiger charge is -2.33. The van der Waals surface area contributed by atoms with Gasteiger partial charge in [0.15, 0.2) is 0 Å². The monoisotopic (exact) mass is 422 g/mol. The Morgan fingerprint density at radius 2 is 1.94 bits per heavy atom. The van der Waals surface area contributed by atoms with Crippen molar-refractivity contribution in [2.45, 2.75) is 25.5 Å². The number of piperidine rings is 1. The van der Waals surface area contributed by atoms with Crippen LogP contribution in [0.25, 0.3) is 11.1 Å². The number of likely N-dealkylation sites (tertiary alicyclic amines) is 1. The van der Waals surface area contributed by atoms with E-state index in [1.54, 1.807) is 13.3 Å². The molecule has 0 radical (unpaired) electrons. The van der Waals surface area contributed by atoms with Crippen LogP contribution in [-0.4, -0.2) is 64.0 Å². The van der Waals surface area contributed by atoms with Gasteiger partial charge in [0, 0.05) is 49.5 Å². The van der Waals surface area contributed by atoms with Crippen LogP contribution in [0.15, 0.2) is 61.4 Å². The molecule has 164 valence electrons. The first kappa shape index (κ1) is 21.3. The number of aliphatic hydroxyl groups excluding tert-OH is 1. The highest BCUT2D eigenvalue weighted by atomic mass is 16.5. The maximum Gasteiger partial charge on any atom is 0.123 e. The average molecular weight is 423 g/mol. The third-order valence-corrected chi connectivity index (χ3v) is 5.76. The fourth-order valence-electron chi connectivity index (χ4n) is 4.06. The molecule has 0 bridgehead atoms. The first-order chi connectivity index (χ1) is 15.2. The summed E-state index contributed by atoms with van der Waals surface area (Å²) in [5, 5.41) is 10.5. The van der Waals surface area contributed by atoms with Crippen LogP contribution in [0.4, 0.5) is 0 Å². The number of methoxy groups -OCH3 is 1. The molecule has 1 N–H and O–H groups in total. The van der Waals surface area contributed by atoms with E-state index in [1.807, 2.05) is 55.2 Å². The van der Waals surface area contributed by atoms with Gasteiger partial charge in [0.2, 0.25) is 0 Å². The molecule has 3 aromatic rings. The highest BCUT2D eigenvalue weighted by Gasteiger charge is 2.21. The molecule has 0 aliphatic carbocycles. The minimum Gasteiger partial charge on any atom is -0.497 e. The van der Waals surface area contributed by atoms with Crippen molar-refractivity contribution in [3.05, 3.63) is 61.4 Å². The fourth-order valence-corrected chi connectivity index (χ4v) is 4.06. The highest BCUT2D eigenvalue weighted by molar-refractivity contribution is 5.66. The lowest BCUT2D eigenvalue weighted by atomic mass is 9.96. The van der Waals surface area contributed by atoms with Gasteiger partial charge in [-0.05, 0) is 55.6 Å². The van der Waals surface area contributed by atoms with Gasteiger partial charge < -0.3 is 24.0 Å². The Morgan fingerprint density at radius 1 is 1.10 bits per heavy atom. The summed E-state index contributed by atoms with van der Waals surface area (Å²) in [4.78, 5) is 10.6. The summed E-state index contributed by atoms with van der Waals surface area (Å²) in [5.41, 5.74) is 1.96. The second-order valence-corrected chi connectivity index (χ2v) is 8.11. The third-order valence-electron chi connectivity index (χ3n) is 5.76. The number of aliphatic hydroxyl groups is 1. The van der Waals surface area contributed by atoms with Crippen LogP contribution in [0.3, 0.4) is 0 Å². The Labute approximate surface area is 183 Å². The van der Waals surface area contributed by atoms with Crippen molar-refractivity contribution in [2.75, 3.05) is 33.4 Å². The zero-order chi connectivity index (χ0) is 21.5. The van der Waals surface area contributed by atoms with Crippen LogP contribution >= 0.6 is 0 Å². The van der Waals surface area contributed by atoms with Gasteiger partial charge in [-0.3, -0.25) is 4.98 Å². The van der Waals surface area contributed by atoms with Crippen LogP contribution in [0.2, 0.25) is 0 Å². The predicted molar refractivity (Wildman–Crippen MR) is 119 cm³/mol. The number of hydrogen-bond acceptors (Lipinski definition) is 6. The third kappa shape index (κ3) is 6.06. The molecule has 1 saturated heterocycles. The van der Waals surface area contributed by atoms with Crippen LogP contribution in [0, 0.1) is 5.92 Å². The molecule has 2 aromatic heterocycles. The average Bonchev–Trinajstić information content (AvgIpc) is 3.32. The molecule has 1 aliphatic heterocycles. The van der Waals surface area contributed by atoms with E-state index >= 15 is 0 Å². The van der Waals surface area contributed by atoms with Crippen molar-refractivity contribution in [3.63, 3.8) is 0 Å². The zero-order valence-electron chi connectivity index (χ0n) is 17.9. The molecule has 7 heteroatoms. The van der Waals surface area contributed by atoms with Crippen LogP contribution < -0.4 is 9.47 Å². The van der Waals surface area contributed by atoms with Crippen LogP contribution in [0.1, 0.15) is 12.8 Å². The summed E-state index contributed by atoms with van der Waals surface area (Å²) in [6.45, 7) is 3.89. The van der Waals surface area contributed by atoms with Crippen molar-refractivity contribution in [3.8, 4) is 22.6 Å². The van der Waals surface area contributed by atoms with Crippen molar-refractivity contribution in [1.82, 2.24) is 19.4 Å². The van der Waals surface area contributed by atoms with E-state index in [4.69, 9.17) is 9.47 Å². The summed E-state index contributed by atoms with van der Waals surface area (Å²) < 4.78 is 13.5. The molecule has 1 aliphatic rings. The minimum atomic E-state index is -0.543. The van der Waals surface area contributed by atoms with Gasteiger partial charge in [0.25, 0.3) is 0 Å². The number of pyridine rings is 1. The number of aromatic nitrogens is 3. The van der Waals surface area contributed by atoms with E-state index in [0.29, 0.717) is 24.0 Å². The number of benzene rings is 1. The fraction of sp³-hybridized carbons (Fsp3) is 0.417. The van der Waals surface area contributed by atoms with Gasteiger partial charge in [-0.2, -0.15) is 0 Å². The molecule has 1 aromatic carbocycles. The Hall–Kier alpha value is -2.90. The Kier molecular flexibility index (Phi) is 7.17. The molecular weight excluding hydrogens is 392 g/mol. The summed E-state index contributed by atoms with van der Waals surface area (Å²) in [5.74, 6) is 2.06. The van der Waals surface area contributed by atoms with E-state index in [9.17, 15) is 5.11 Å². The van der Waals surface area contributed by atoms with E-state index in [-0.39, 0.29) is 6.61 Å². The van der Waals surface area contributed by atoms with Crippen molar-refractivity contribution < 1.29 is 14.6 Å². The van der Waals surface area contributed by atoms with Gasteiger partial charge in [-0.25, -0.2) is 4.98 Å². The van der Waals surface area contributed by atoms with Crippen molar-refractivity contribution in [1.29, 1.82) is 0 Å². The van der Waals surface area contributed by atoms with Gasteiger partial charge in [-0.15, -0.1) is 0 Å². The standard InChI is InChI=1S/C24H30N4O3/c1-30-23-11-21(20-3-2-6-25-14-20)12-24(13-23)31-17-22(29)16-27-8-4-19(5-9-27)15-28-10-7-26-18-28/h2-3,6-7,10-14,18-19,22,29H,4-5,8-9,15-17H2,1H3. The number of imidazole rings is 1. The molecule has 1 atom stereocenters. The Bertz CT molecular complexity index is 925. The lowest BCUT2D eigenvalue weighted by Crippen LogP contribution is -2.41. The van der Waals surface area contributed by atoms with Crippen LogP contribution in [0.5, 0.6) is 11.5 Å². The maximum atomic E-state index is 10.5. The quantitative estimate of drug-likeness (QED) is 0.571. The van der Waals surface area contributed by atoms with Crippen molar-refractivity contribution in [2.24, 2.45) is 5.92 Å². The molecule has 7 nitrogen and oxygen atoms in total. The summed E-state index contributed by atoms with van der Waals surface area (Å²) >= 11 is 0. The summed E-state index contributed by atoms with van der Waals surface area (Å²) in [7, 11) is 1.64. The van der Waals surface area contributed by atoms with Gasteiger partial charge in [0.05, 0.1) is 13.4 Å². The van der Waals surface area contributed by atoms with Gasteiger partial charge >= 0.3 is 0 Å². The normalized spacial score (nSPS) is 16.2. The van der Waals surface area contributed by atoms with Gasteiger partial charge in [0.1, 0.15) is 24.2 Å². The number of β-amino-alcohol motifs (C(OH)–C–C–N with tert-alkyl or cyclic N) is 1. The number of nitrogens with zero attached hydrogens (tertiary/aromatic N) is 4. The molecule has 1 unspecified atom stereocenters. The zero-order valence-corrected chi connectivity index (χ0v) is 17.9. The molecule has 0 amide bonds. The number of rotatable bonds is 9. The molecule has 0 spiro atoms. The Morgan fingerprint density at radius 3 is 2.65 bits per heavy atom. The topological polar surface area (TPSA) is 72.6 Å². The predicted octanol–water partition coefficient (Wildman–Crippen LogP) is 3.11. The molecular formula is C24H30N4O3. The van der Waals surface area contributed by atoms with Crippen LogP contribution in [-0.2, 0) is 6.54 Å². The molecule has 4 rings (SSSR count). The smallest absolute Gasteiger partial charge is 0.123 e. The Balaban J connectivity index is 1.26. The van der Waals surface area contributed by atoms with E-state index in [2.05, 4.69) is 19.4 Å². The van der Waals surface area contributed by atoms with E-state index in [1.165, 1.54) is 0 Å². The summed E-state index contributed by atoms with van der Waals surface area (Å²) in [6.07, 6.45) is 11.0.